The van der Waals surface area contributed by atoms with Gasteiger partial charge >= 0.3 is 0 Å². The molecule has 29 heavy (non-hydrogen) atoms. The lowest BCUT2D eigenvalue weighted by atomic mass is 10.1. The van der Waals surface area contributed by atoms with Crippen molar-refractivity contribution in [3.8, 4) is 17.1 Å². The van der Waals surface area contributed by atoms with Gasteiger partial charge in [-0.3, -0.25) is 4.79 Å². The van der Waals surface area contributed by atoms with E-state index < -0.39 is 0 Å². The highest BCUT2D eigenvalue weighted by Crippen LogP contribution is 2.28. The van der Waals surface area contributed by atoms with E-state index in [1.54, 1.807) is 18.2 Å². The largest absolute Gasteiger partial charge is 0.491 e. The second kappa shape index (κ2) is 8.80. The first-order chi connectivity index (χ1) is 14.1. The van der Waals surface area contributed by atoms with E-state index in [1.165, 1.54) is 6.07 Å². The summed E-state index contributed by atoms with van der Waals surface area (Å²) in [5, 5.41) is 0.867. The van der Waals surface area contributed by atoms with Gasteiger partial charge in [-0.05, 0) is 55.7 Å². The predicted molar refractivity (Wildman–Crippen MR) is 112 cm³/mol. The van der Waals surface area contributed by atoms with Crippen LogP contribution in [0.5, 0.6) is 5.75 Å². The highest BCUT2D eigenvalue weighted by atomic mass is 35.5. The van der Waals surface area contributed by atoms with Crippen LogP contribution in [0.3, 0.4) is 0 Å². The molecule has 2 aromatic carbocycles. The molecule has 0 saturated heterocycles. The van der Waals surface area contributed by atoms with E-state index in [2.05, 4.69) is 0 Å². The van der Waals surface area contributed by atoms with E-state index in [9.17, 15) is 9.59 Å². The lowest BCUT2D eigenvalue weighted by molar-refractivity contribution is -0.111. The average Bonchev–Trinajstić information content (AvgIpc) is 3.20. The first-order valence-electron chi connectivity index (χ1n) is 9.66. The van der Waals surface area contributed by atoms with Crippen LogP contribution in [0.4, 0.5) is 0 Å². The molecule has 6 heteroatoms. The van der Waals surface area contributed by atoms with Gasteiger partial charge in [-0.25, -0.2) is 0 Å². The summed E-state index contributed by atoms with van der Waals surface area (Å²) in [5.74, 6) is 1.30. The Hall–Kier alpha value is -2.63. The molecule has 1 saturated carbocycles. The molecule has 1 fully saturated rings. The number of para-hydroxylation sites is 1. The fraction of sp³-hybridized carbons (Fsp3) is 0.304. The van der Waals surface area contributed by atoms with Crippen LogP contribution in [0.1, 0.15) is 19.3 Å². The first kappa shape index (κ1) is 19.7. The van der Waals surface area contributed by atoms with Gasteiger partial charge in [0.05, 0.1) is 23.1 Å². The number of hydrogen-bond acceptors (Lipinski definition) is 5. The van der Waals surface area contributed by atoms with Crippen molar-refractivity contribution in [2.24, 2.45) is 5.92 Å². The number of hydrogen-bond donors (Lipinski definition) is 0. The predicted octanol–water partition coefficient (Wildman–Crippen LogP) is 4.88. The van der Waals surface area contributed by atoms with Gasteiger partial charge in [0.1, 0.15) is 24.4 Å². The SMILES string of the molecule is O=CC1CCC(OCCOc2ccc(-c3cc(=O)c4cccc(Cl)c4o3)cc2)C1. The molecule has 1 aromatic heterocycles. The fourth-order valence-electron chi connectivity index (χ4n) is 3.62. The highest BCUT2D eigenvalue weighted by molar-refractivity contribution is 6.34. The minimum Gasteiger partial charge on any atom is -0.491 e. The lowest BCUT2D eigenvalue weighted by Gasteiger charge is -2.12. The molecular formula is C23H21ClO5. The van der Waals surface area contributed by atoms with Crippen molar-refractivity contribution in [1.82, 2.24) is 0 Å². The molecule has 1 aliphatic carbocycles. The van der Waals surface area contributed by atoms with Gasteiger partial charge in [0.25, 0.3) is 0 Å². The minimum atomic E-state index is -0.134. The van der Waals surface area contributed by atoms with Gasteiger partial charge in [-0.2, -0.15) is 0 Å². The summed E-state index contributed by atoms with van der Waals surface area (Å²) in [4.78, 5) is 23.1. The zero-order valence-electron chi connectivity index (χ0n) is 15.8. The molecule has 4 rings (SSSR count). The summed E-state index contributed by atoms with van der Waals surface area (Å²) in [7, 11) is 0. The third-order valence-electron chi connectivity index (χ3n) is 5.17. The third-order valence-corrected chi connectivity index (χ3v) is 5.47. The van der Waals surface area contributed by atoms with Crippen LogP contribution in [-0.4, -0.2) is 25.6 Å². The Bertz CT molecular complexity index is 1060. The first-order valence-corrected chi connectivity index (χ1v) is 10.0. The smallest absolute Gasteiger partial charge is 0.193 e. The molecule has 5 nitrogen and oxygen atoms in total. The molecule has 3 aromatic rings. The number of carbonyl (C=O) groups excluding carboxylic acids is 1. The second-order valence-corrected chi connectivity index (χ2v) is 7.57. The zero-order chi connectivity index (χ0) is 20.2. The molecule has 0 amide bonds. The number of aldehydes is 1. The number of rotatable bonds is 7. The highest BCUT2D eigenvalue weighted by Gasteiger charge is 2.24. The molecule has 2 atom stereocenters. The Labute approximate surface area is 173 Å². The lowest BCUT2D eigenvalue weighted by Crippen LogP contribution is -2.14. The van der Waals surface area contributed by atoms with Crippen LogP contribution in [0.15, 0.2) is 57.7 Å². The Morgan fingerprint density at radius 1 is 1.10 bits per heavy atom. The van der Waals surface area contributed by atoms with E-state index >= 15 is 0 Å². The molecular weight excluding hydrogens is 392 g/mol. The number of carbonyl (C=O) groups is 1. The van der Waals surface area contributed by atoms with E-state index in [-0.39, 0.29) is 17.5 Å². The molecule has 1 aliphatic rings. The molecule has 1 heterocycles. The van der Waals surface area contributed by atoms with Crippen molar-refractivity contribution in [1.29, 1.82) is 0 Å². The molecule has 0 radical (unpaired) electrons. The van der Waals surface area contributed by atoms with E-state index in [0.29, 0.717) is 40.7 Å². The van der Waals surface area contributed by atoms with Crippen LogP contribution >= 0.6 is 11.6 Å². The van der Waals surface area contributed by atoms with E-state index in [0.717, 1.165) is 31.1 Å². The van der Waals surface area contributed by atoms with Crippen molar-refractivity contribution in [3.05, 3.63) is 63.8 Å². The Morgan fingerprint density at radius 2 is 1.93 bits per heavy atom. The average molecular weight is 413 g/mol. The Balaban J connectivity index is 1.37. The zero-order valence-corrected chi connectivity index (χ0v) is 16.6. The third kappa shape index (κ3) is 4.52. The van der Waals surface area contributed by atoms with Crippen molar-refractivity contribution in [2.75, 3.05) is 13.2 Å². The van der Waals surface area contributed by atoms with Gasteiger partial charge < -0.3 is 18.7 Å². The number of halogens is 1. The van der Waals surface area contributed by atoms with Crippen LogP contribution in [-0.2, 0) is 9.53 Å². The summed E-state index contributed by atoms with van der Waals surface area (Å²) >= 11 is 6.17. The van der Waals surface area contributed by atoms with Crippen LogP contribution in [0.2, 0.25) is 5.02 Å². The minimum absolute atomic E-state index is 0.134. The summed E-state index contributed by atoms with van der Waals surface area (Å²) in [6.07, 6.45) is 3.82. The number of benzene rings is 2. The topological polar surface area (TPSA) is 65.7 Å². The molecule has 2 unspecified atom stereocenters. The molecule has 0 spiro atoms. The normalized spacial score (nSPS) is 18.8. The summed E-state index contributed by atoms with van der Waals surface area (Å²) in [5.41, 5.74) is 1.02. The summed E-state index contributed by atoms with van der Waals surface area (Å²) < 4.78 is 17.3. The summed E-state index contributed by atoms with van der Waals surface area (Å²) in [6, 6.07) is 13.9. The number of ether oxygens (including phenoxy) is 2. The second-order valence-electron chi connectivity index (χ2n) is 7.17. The molecule has 0 bridgehead atoms. The van der Waals surface area contributed by atoms with Gasteiger partial charge in [-0.15, -0.1) is 0 Å². The maximum absolute atomic E-state index is 12.3. The number of fused-ring (bicyclic) bond motifs is 1. The van der Waals surface area contributed by atoms with Crippen molar-refractivity contribution in [2.45, 2.75) is 25.4 Å². The van der Waals surface area contributed by atoms with E-state index in [4.69, 9.17) is 25.5 Å². The summed E-state index contributed by atoms with van der Waals surface area (Å²) in [6.45, 7) is 0.915. The Morgan fingerprint density at radius 3 is 2.69 bits per heavy atom. The monoisotopic (exact) mass is 412 g/mol. The van der Waals surface area contributed by atoms with Crippen LogP contribution in [0.25, 0.3) is 22.3 Å². The Kier molecular flexibility index (Phi) is 5.97. The van der Waals surface area contributed by atoms with Crippen molar-refractivity contribution in [3.63, 3.8) is 0 Å². The molecule has 0 aliphatic heterocycles. The van der Waals surface area contributed by atoms with Gasteiger partial charge in [0, 0.05) is 17.5 Å². The van der Waals surface area contributed by atoms with Crippen LogP contribution in [0, 0.1) is 5.92 Å². The quantitative estimate of drug-likeness (QED) is 0.409. The van der Waals surface area contributed by atoms with Crippen molar-refractivity contribution < 1.29 is 18.7 Å². The van der Waals surface area contributed by atoms with Crippen LogP contribution < -0.4 is 10.2 Å². The van der Waals surface area contributed by atoms with Gasteiger partial charge in [0.15, 0.2) is 11.0 Å². The maximum Gasteiger partial charge on any atom is 0.193 e. The van der Waals surface area contributed by atoms with Gasteiger partial charge in [-0.1, -0.05) is 17.7 Å². The van der Waals surface area contributed by atoms with Gasteiger partial charge in [0.2, 0.25) is 0 Å². The molecule has 0 N–H and O–H groups in total. The standard InChI is InChI=1S/C23H21ClO5/c24-20-3-1-2-19-21(26)13-22(29-23(19)20)16-5-8-17(9-6-16)27-10-11-28-18-7-4-15(12-18)14-25/h1-3,5-6,8-9,13-15,18H,4,7,10-12H2. The van der Waals surface area contributed by atoms with E-state index in [1.807, 2.05) is 24.3 Å². The maximum atomic E-state index is 12.3. The van der Waals surface area contributed by atoms with Crippen molar-refractivity contribution >= 4 is 28.9 Å². The molecule has 150 valence electrons. The fourth-order valence-corrected chi connectivity index (χ4v) is 3.84.